The van der Waals surface area contributed by atoms with Crippen LogP contribution in [0.15, 0.2) is 53.3 Å². The molecule has 0 saturated heterocycles. The number of rotatable bonds is 11. The normalized spacial score (nSPS) is 13.7. The number of ether oxygens (including phenoxy) is 3. The Kier molecular flexibility index (Phi) is 9.53. The molecule has 12 heteroatoms. The number of fused-ring (bicyclic) bond motifs is 4. The molecule has 0 spiro atoms. The Morgan fingerprint density at radius 2 is 1.82 bits per heavy atom. The first-order chi connectivity index (χ1) is 21.8. The van der Waals surface area contributed by atoms with E-state index in [9.17, 15) is 19.5 Å². The van der Waals surface area contributed by atoms with Crippen molar-refractivity contribution in [2.45, 2.75) is 39.0 Å². The minimum Gasteiger partial charge on any atom is -0.493 e. The second-order valence-electron chi connectivity index (χ2n) is 10.6. The Morgan fingerprint density at radius 3 is 2.53 bits per heavy atom. The fourth-order valence-corrected chi connectivity index (χ4v) is 5.89. The Labute approximate surface area is 260 Å². The molecule has 1 atom stereocenters. The summed E-state index contributed by atoms with van der Waals surface area (Å²) in [6, 6.07) is 13.9. The summed E-state index contributed by atoms with van der Waals surface area (Å²) in [6.07, 6.45) is 1.13. The van der Waals surface area contributed by atoms with Gasteiger partial charge < -0.3 is 39.8 Å². The maximum atomic E-state index is 13.5. The predicted molar refractivity (Wildman–Crippen MR) is 170 cm³/mol. The summed E-state index contributed by atoms with van der Waals surface area (Å²) in [4.78, 5) is 42.9. The lowest BCUT2D eigenvalue weighted by Gasteiger charge is -2.19. The van der Waals surface area contributed by atoms with Gasteiger partial charge in [-0.05, 0) is 59.9 Å². The van der Waals surface area contributed by atoms with Gasteiger partial charge >= 0.3 is 0 Å². The topological polar surface area (TPSA) is 153 Å². The third kappa shape index (κ3) is 6.41. The summed E-state index contributed by atoms with van der Waals surface area (Å²) >= 11 is 0. The molecule has 45 heavy (non-hydrogen) atoms. The molecule has 0 fully saturated rings. The van der Waals surface area contributed by atoms with Crippen molar-refractivity contribution in [2.75, 3.05) is 39.7 Å². The van der Waals surface area contributed by atoms with Crippen LogP contribution in [0.1, 0.15) is 36.3 Å². The number of nitrogens with zero attached hydrogens (tertiary/aromatic N) is 2. The van der Waals surface area contributed by atoms with Crippen molar-refractivity contribution < 1.29 is 28.9 Å². The van der Waals surface area contributed by atoms with E-state index in [0.29, 0.717) is 60.1 Å². The van der Waals surface area contributed by atoms with E-state index in [1.165, 1.54) is 20.1 Å². The van der Waals surface area contributed by atoms with Crippen molar-refractivity contribution in [3.63, 3.8) is 0 Å². The van der Waals surface area contributed by atoms with Crippen LogP contribution in [0, 0.1) is 0 Å². The van der Waals surface area contributed by atoms with E-state index in [4.69, 9.17) is 14.2 Å². The predicted octanol–water partition coefficient (Wildman–Crippen LogP) is 2.93. The van der Waals surface area contributed by atoms with E-state index in [0.717, 1.165) is 22.2 Å². The first kappa shape index (κ1) is 31.3. The average molecular weight is 616 g/mol. The van der Waals surface area contributed by atoms with E-state index in [2.05, 4.69) is 20.9 Å². The molecule has 12 nitrogen and oxygen atoms in total. The zero-order chi connectivity index (χ0) is 32.1. The summed E-state index contributed by atoms with van der Waals surface area (Å²) in [5.74, 6) is 1.38. The van der Waals surface area contributed by atoms with Gasteiger partial charge in [-0.25, -0.2) is 4.98 Å². The molecule has 1 aromatic heterocycles. The van der Waals surface area contributed by atoms with Crippen LogP contribution in [0.25, 0.3) is 22.2 Å². The highest BCUT2D eigenvalue weighted by atomic mass is 16.5. The van der Waals surface area contributed by atoms with Crippen molar-refractivity contribution in [3.8, 4) is 28.4 Å². The molecule has 2 amide bonds. The van der Waals surface area contributed by atoms with Crippen molar-refractivity contribution in [3.05, 3.63) is 75.7 Å². The van der Waals surface area contributed by atoms with Gasteiger partial charge in [0.15, 0.2) is 11.5 Å². The van der Waals surface area contributed by atoms with Crippen molar-refractivity contribution in [1.82, 2.24) is 20.2 Å². The van der Waals surface area contributed by atoms with Crippen LogP contribution in [-0.2, 0) is 29.2 Å². The van der Waals surface area contributed by atoms with Crippen molar-refractivity contribution in [2.24, 2.45) is 0 Å². The molecule has 1 heterocycles. The lowest BCUT2D eigenvalue weighted by molar-refractivity contribution is -0.120. The Bertz CT molecular complexity index is 1800. The molecule has 4 aromatic rings. The molecule has 1 aliphatic rings. The molecule has 236 valence electrons. The highest BCUT2D eigenvalue weighted by molar-refractivity contribution is 5.84. The number of aliphatic hydroxyl groups is 1. The number of aromatic nitrogens is 2. The number of anilines is 1. The van der Waals surface area contributed by atoms with Gasteiger partial charge in [-0.15, -0.1) is 0 Å². The Morgan fingerprint density at radius 1 is 1.04 bits per heavy atom. The molecule has 0 bridgehead atoms. The SMILES string of the molecule is COc1cc2c(c(OC)c1OC)-c1ccc(NCC(=O)NCCn3c(CO)nc4ccccc43)c(=O)cc1[C@H](NC(C)=O)CC2. The number of nitrogens with one attached hydrogen (secondary N) is 3. The number of aryl methyl sites for hydroxylation is 1. The maximum Gasteiger partial charge on any atom is 0.239 e. The lowest BCUT2D eigenvalue weighted by atomic mass is 9.95. The van der Waals surface area contributed by atoms with Crippen LogP contribution >= 0.6 is 0 Å². The number of carbonyl (C=O) groups excluding carboxylic acids is 2. The van der Waals surface area contributed by atoms with Gasteiger partial charge in [-0.2, -0.15) is 0 Å². The van der Waals surface area contributed by atoms with Gasteiger partial charge in [0, 0.05) is 25.6 Å². The number of hydrogen-bond acceptors (Lipinski definition) is 9. The maximum absolute atomic E-state index is 13.5. The van der Waals surface area contributed by atoms with E-state index in [-0.39, 0.29) is 36.1 Å². The molecule has 1 aliphatic carbocycles. The fourth-order valence-electron chi connectivity index (χ4n) is 5.89. The van der Waals surface area contributed by atoms with E-state index in [1.807, 2.05) is 34.9 Å². The van der Waals surface area contributed by atoms with Gasteiger partial charge in [0.25, 0.3) is 0 Å². The van der Waals surface area contributed by atoms with Crippen LogP contribution in [-0.4, -0.2) is 60.9 Å². The standard InChI is InChI=1S/C33H37N5O7/c1-19(40)36-23-11-9-20-15-28(43-2)32(44-3)33(45-4)31(20)21-10-12-25(27(41)16-22(21)23)35-17-30(42)34-13-14-38-26-8-6-5-7-24(26)37-29(38)18-39/h5-8,10,12,15-16,23,39H,9,11,13-14,17-18H2,1-4H3,(H,34,42)(H,35,41)(H,36,40)/t23-/m1/s1. The number of amides is 2. The zero-order valence-corrected chi connectivity index (χ0v) is 25.7. The van der Waals surface area contributed by atoms with Crippen LogP contribution < -0.4 is 35.6 Å². The fraction of sp³-hybridized carbons (Fsp3) is 0.333. The number of hydrogen-bond donors (Lipinski definition) is 4. The Hall–Kier alpha value is -5.10. The number of benzene rings is 2. The third-order valence-corrected chi connectivity index (χ3v) is 7.89. The second-order valence-corrected chi connectivity index (χ2v) is 10.6. The van der Waals surface area contributed by atoms with E-state index < -0.39 is 6.04 Å². The monoisotopic (exact) mass is 615 g/mol. The molecule has 0 unspecified atom stereocenters. The summed E-state index contributed by atoms with van der Waals surface area (Å²) in [5, 5.41) is 18.5. The number of carbonyl (C=O) groups is 2. The molecule has 0 saturated carbocycles. The van der Waals surface area contributed by atoms with Crippen LogP contribution in [0.2, 0.25) is 0 Å². The molecule has 3 aromatic carbocycles. The number of methoxy groups -OCH3 is 3. The third-order valence-electron chi connectivity index (χ3n) is 7.89. The van der Waals surface area contributed by atoms with Gasteiger partial charge in [-0.3, -0.25) is 14.4 Å². The van der Waals surface area contributed by atoms with Gasteiger partial charge in [-0.1, -0.05) is 18.2 Å². The molecule has 0 radical (unpaired) electrons. The molecule has 4 N–H and O–H groups in total. The van der Waals surface area contributed by atoms with E-state index >= 15 is 0 Å². The highest BCUT2D eigenvalue weighted by Gasteiger charge is 2.29. The summed E-state index contributed by atoms with van der Waals surface area (Å²) < 4.78 is 18.9. The number of para-hydroxylation sites is 2. The summed E-state index contributed by atoms with van der Waals surface area (Å²) in [6.45, 7) is 1.81. The highest BCUT2D eigenvalue weighted by Crippen LogP contribution is 2.50. The van der Waals surface area contributed by atoms with E-state index in [1.54, 1.807) is 26.4 Å². The largest absolute Gasteiger partial charge is 0.493 e. The molecular formula is C33H37N5O7. The minimum absolute atomic E-state index is 0.137. The molecule has 0 aliphatic heterocycles. The average Bonchev–Trinajstić information content (AvgIpc) is 3.23. The second kappa shape index (κ2) is 13.7. The van der Waals surface area contributed by atoms with Gasteiger partial charge in [0.05, 0.1) is 50.6 Å². The van der Waals surface area contributed by atoms with Crippen molar-refractivity contribution in [1.29, 1.82) is 0 Å². The van der Waals surface area contributed by atoms with Gasteiger partial charge in [0.2, 0.25) is 23.0 Å². The first-order valence-electron chi connectivity index (χ1n) is 14.6. The van der Waals surface area contributed by atoms with Crippen LogP contribution in [0.3, 0.4) is 0 Å². The quantitative estimate of drug-likeness (QED) is 0.200. The number of imidazole rings is 1. The molecule has 5 rings (SSSR count). The summed E-state index contributed by atoms with van der Waals surface area (Å²) in [7, 11) is 4.63. The van der Waals surface area contributed by atoms with Crippen molar-refractivity contribution >= 4 is 28.5 Å². The lowest BCUT2D eigenvalue weighted by Crippen LogP contribution is -2.33. The van der Waals surface area contributed by atoms with Crippen LogP contribution in [0.5, 0.6) is 17.2 Å². The number of aliphatic hydroxyl groups excluding tert-OH is 1. The minimum atomic E-state index is -0.439. The molecular weight excluding hydrogens is 578 g/mol. The van der Waals surface area contributed by atoms with Crippen LogP contribution in [0.4, 0.5) is 5.69 Å². The summed E-state index contributed by atoms with van der Waals surface area (Å²) in [5.41, 5.74) is 4.52. The Balaban J connectivity index is 1.40. The smallest absolute Gasteiger partial charge is 0.239 e. The van der Waals surface area contributed by atoms with Gasteiger partial charge in [0.1, 0.15) is 12.4 Å². The zero-order valence-electron chi connectivity index (χ0n) is 25.7. The first-order valence-corrected chi connectivity index (χ1v) is 14.6.